The SMILES string of the molecule is COCC(=O)Nc1c2c(nn1CC(=O)NCc1ccccc1)CSC2. The third-order valence-electron chi connectivity index (χ3n) is 3.78. The molecule has 0 saturated carbocycles. The average Bonchev–Trinajstić information content (AvgIpc) is 3.17. The van der Waals surface area contributed by atoms with Crippen molar-refractivity contribution in [2.24, 2.45) is 0 Å². The van der Waals surface area contributed by atoms with Gasteiger partial charge in [0.25, 0.3) is 5.91 Å². The summed E-state index contributed by atoms with van der Waals surface area (Å²) in [5.74, 6) is 1.76. The monoisotopic (exact) mass is 360 g/mol. The van der Waals surface area contributed by atoms with Gasteiger partial charge in [-0.3, -0.25) is 9.59 Å². The molecule has 0 unspecified atom stereocenters. The fraction of sp³-hybridized carbons (Fsp3) is 0.353. The number of nitrogens with zero attached hydrogens (tertiary/aromatic N) is 2. The molecule has 0 atom stereocenters. The smallest absolute Gasteiger partial charge is 0.251 e. The van der Waals surface area contributed by atoms with Gasteiger partial charge in [-0.2, -0.15) is 16.9 Å². The van der Waals surface area contributed by atoms with Crippen LogP contribution < -0.4 is 10.6 Å². The van der Waals surface area contributed by atoms with Crippen molar-refractivity contribution in [2.45, 2.75) is 24.6 Å². The van der Waals surface area contributed by atoms with Crippen LogP contribution in [-0.2, 0) is 38.9 Å². The molecule has 3 rings (SSSR count). The van der Waals surface area contributed by atoms with Crippen molar-refractivity contribution < 1.29 is 14.3 Å². The van der Waals surface area contributed by atoms with Gasteiger partial charge in [-0.25, -0.2) is 4.68 Å². The number of aromatic nitrogens is 2. The second kappa shape index (κ2) is 8.17. The quantitative estimate of drug-likeness (QED) is 0.782. The van der Waals surface area contributed by atoms with Crippen LogP contribution in [0.5, 0.6) is 0 Å². The summed E-state index contributed by atoms with van der Waals surface area (Å²) in [4.78, 5) is 24.1. The molecule has 2 heterocycles. The predicted octanol–water partition coefficient (Wildman–Crippen LogP) is 1.53. The fourth-order valence-electron chi connectivity index (χ4n) is 2.61. The molecular formula is C17H20N4O3S. The minimum atomic E-state index is -0.256. The van der Waals surface area contributed by atoms with Crippen LogP contribution in [0.25, 0.3) is 0 Å². The number of carbonyl (C=O) groups excluding carboxylic acids is 2. The summed E-state index contributed by atoms with van der Waals surface area (Å²) in [5, 5.41) is 10.2. The van der Waals surface area contributed by atoms with Crippen molar-refractivity contribution in [3.05, 3.63) is 47.2 Å². The molecule has 8 heteroatoms. The Morgan fingerprint density at radius 3 is 2.80 bits per heavy atom. The number of ether oxygens (including phenoxy) is 1. The van der Waals surface area contributed by atoms with Crippen LogP contribution in [0.15, 0.2) is 30.3 Å². The molecule has 1 aliphatic rings. The predicted molar refractivity (Wildman–Crippen MR) is 96.0 cm³/mol. The Hall–Kier alpha value is -2.32. The van der Waals surface area contributed by atoms with Crippen molar-refractivity contribution in [2.75, 3.05) is 19.0 Å². The van der Waals surface area contributed by atoms with E-state index in [9.17, 15) is 9.59 Å². The molecule has 0 bridgehead atoms. The van der Waals surface area contributed by atoms with Crippen molar-refractivity contribution in [3.63, 3.8) is 0 Å². The summed E-state index contributed by atoms with van der Waals surface area (Å²) >= 11 is 1.74. The van der Waals surface area contributed by atoms with E-state index >= 15 is 0 Å². The zero-order chi connectivity index (χ0) is 17.6. The van der Waals surface area contributed by atoms with Gasteiger partial charge in [0.05, 0.1) is 5.69 Å². The Kier molecular flexibility index (Phi) is 5.72. The van der Waals surface area contributed by atoms with Crippen molar-refractivity contribution in [3.8, 4) is 0 Å². The van der Waals surface area contributed by atoms with Crippen LogP contribution in [0.3, 0.4) is 0 Å². The lowest BCUT2D eigenvalue weighted by Gasteiger charge is -2.11. The molecule has 132 valence electrons. The maximum Gasteiger partial charge on any atom is 0.251 e. The highest BCUT2D eigenvalue weighted by Crippen LogP contribution is 2.34. The van der Waals surface area contributed by atoms with Gasteiger partial charge in [-0.05, 0) is 5.56 Å². The number of thioether (sulfide) groups is 1. The molecule has 7 nitrogen and oxygen atoms in total. The van der Waals surface area contributed by atoms with E-state index in [0.717, 1.165) is 28.3 Å². The fourth-order valence-corrected chi connectivity index (χ4v) is 3.64. The van der Waals surface area contributed by atoms with Crippen LogP contribution >= 0.6 is 11.8 Å². The maximum absolute atomic E-state index is 12.3. The lowest BCUT2D eigenvalue weighted by atomic mass is 10.2. The summed E-state index contributed by atoms with van der Waals surface area (Å²) in [6.45, 7) is 0.488. The molecule has 25 heavy (non-hydrogen) atoms. The Bertz CT molecular complexity index is 761. The van der Waals surface area contributed by atoms with E-state index in [-0.39, 0.29) is 25.0 Å². The first-order chi connectivity index (χ1) is 12.2. The third kappa shape index (κ3) is 4.40. The number of methoxy groups -OCH3 is 1. The topological polar surface area (TPSA) is 85.2 Å². The standard InChI is InChI=1S/C17H20N4O3S/c1-24-9-16(23)19-17-13-10-25-11-14(13)20-21(17)8-15(22)18-7-12-5-3-2-4-6-12/h2-6H,7-11H2,1H3,(H,18,22)(H,19,23). The lowest BCUT2D eigenvalue weighted by Crippen LogP contribution is -2.29. The van der Waals surface area contributed by atoms with E-state index in [2.05, 4.69) is 15.7 Å². The largest absolute Gasteiger partial charge is 0.375 e. The van der Waals surface area contributed by atoms with Gasteiger partial charge < -0.3 is 15.4 Å². The molecule has 0 saturated heterocycles. The zero-order valence-electron chi connectivity index (χ0n) is 13.9. The van der Waals surface area contributed by atoms with Gasteiger partial charge in [0.15, 0.2) is 0 Å². The van der Waals surface area contributed by atoms with Crippen LogP contribution in [0, 0.1) is 0 Å². The molecule has 0 radical (unpaired) electrons. The van der Waals surface area contributed by atoms with Gasteiger partial charge >= 0.3 is 0 Å². The first-order valence-corrected chi connectivity index (χ1v) is 9.08. The van der Waals surface area contributed by atoms with Crippen molar-refractivity contribution in [1.29, 1.82) is 0 Å². The van der Waals surface area contributed by atoms with Crippen LogP contribution in [0.1, 0.15) is 16.8 Å². The first kappa shape index (κ1) is 17.5. The zero-order valence-corrected chi connectivity index (χ0v) is 14.8. The molecule has 0 spiro atoms. The number of hydrogen-bond acceptors (Lipinski definition) is 5. The minimum Gasteiger partial charge on any atom is -0.375 e. The highest BCUT2D eigenvalue weighted by atomic mass is 32.2. The van der Waals surface area contributed by atoms with Crippen LogP contribution in [-0.4, -0.2) is 35.3 Å². The number of anilines is 1. The number of carbonyl (C=O) groups is 2. The van der Waals surface area contributed by atoms with Gasteiger partial charge in [0.2, 0.25) is 5.91 Å². The highest BCUT2D eigenvalue weighted by molar-refractivity contribution is 7.98. The molecule has 2 N–H and O–H groups in total. The molecule has 2 aromatic rings. The second-order valence-electron chi connectivity index (χ2n) is 5.67. The maximum atomic E-state index is 12.3. The Balaban J connectivity index is 1.67. The number of fused-ring (bicyclic) bond motifs is 1. The first-order valence-electron chi connectivity index (χ1n) is 7.93. The number of rotatable bonds is 7. The summed E-state index contributed by atoms with van der Waals surface area (Å²) in [6.07, 6.45) is 0. The Morgan fingerprint density at radius 2 is 2.04 bits per heavy atom. The lowest BCUT2D eigenvalue weighted by molar-refractivity contribution is -0.122. The van der Waals surface area contributed by atoms with E-state index < -0.39 is 0 Å². The summed E-state index contributed by atoms with van der Waals surface area (Å²) < 4.78 is 6.42. The van der Waals surface area contributed by atoms with Gasteiger partial charge in [0, 0.05) is 30.7 Å². The van der Waals surface area contributed by atoms with Crippen LogP contribution in [0.4, 0.5) is 5.82 Å². The molecule has 0 aliphatic carbocycles. The number of benzene rings is 1. The molecule has 2 amide bonds. The molecule has 1 aliphatic heterocycles. The van der Waals surface area contributed by atoms with Gasteiger partial charge in [-0.15, -0.1) is 0 Å². The number of amides is 2. The minimum absolute atomic E-state index is 0.0344. The van der Waals surface area contributed by atoms with E-state index in [4.69, 9.17) is 4.74 Å². The third-order valence-corrected chi connectivity index (χ3v) is 4.75. The summed E-state index contributed by atoms with van der Waals surface area (Å²) in [5.41, 5.74) is 2.95. The number of hydrogen-bond donors (Lipinski definition) is 2. The van der Waals surface area contributed by atoms with E-state index in [1.807, 2.05) is 30.3 Å². The molecular weight excluding hydrogens is 340 g/mol. The van der Waals surface area contributed by atoms with Crippen LogP contribution in [0.2, 0.25) is 0 Å². The number of nitrogens with one attached hydrogen (secondary N) is 2. The Labute approximate surface area is 150 Å². The second-order valence-corrected chi connectivity index (χ2v) is 6.65. The highest BCUT2D eigenvalue weighted by Gasteiger charge is 2.24. The van der Waals surface area contributed by atoms with Gasteiger partial charge in [0.1, 0.15) is 19.0 Å². The Morgan fingerprint density at radius 1 is 1.24 bits per heavy atom. The van der Waals surface area contributed by atoms with Gasteiger partial charge in [-0.1, -0.05) is 30.3 Å². The van der Waals surface area contributed by atoms with E-state index in [0.29, 0.717) is 12.4 Å². The molecule has 1 aromatic carbocycles. The summed E-state index contributed by atoms with van der Waals surface area (Å²) in [7, 11) is 1.47. The molecule has 1 aromatic heterocycles. The van der Waals surface area contributed by atoms with E-state index in [1.165, 1.54) is 7.11 Å². The normalized spacial score (nSPS) is 12.7. The summed E-state index contributed by atoms with van der Waals surface area (Å²) in [6, 6.07) is 9.71. The average molecular weight is 360 g/mol. The van der Waals surface area contributed by atoms with E-state index in [1.54, 1.807) is 16.4 Å². The van der Waals surface area contributed by atoms with Crippen molar-refractivity contribution >= 4 is 29.4 Å². The molecule has 0 fully saturated rings. The van der Waals surface area contributed by atoms with Crippen molar-refractivity contribution in [1.82, 2.24) is 15.1 Å².